The number of methoxy groups -OCH3 is 1. The minimum absolute atomic E-state index is 0.277. The van der Waals surface area contributed by atoms with Gasteiger partial charge >= 0.3 is 6.09 Å². The molecule has 31 heavy (non-hydrogen) atoms. The number of rotatable bonds is 3. The molecule has 1 aliphatic heterocycles. The van der Waals surface area contributed by atoms with Gasteiger partial charge in [-0.05, 0) is 60.9 Å². The summed E-state index contributed by atoms with van der Waals surface area (Å²) in [5.74, 6) is 1.09. The van der Waals surface area contributed by atoms with E-state index in [-0.39, 0.29) is 5.41 Å². The van der Waals surface area contributed by atoms with Gasteiger partial charge in [0.05, 0.1) is 22.8 Å². The fourth-order valence-corrected chi connectivity index (χ4v) is 5.52. The summed E-state index contributed by atoms with van der Waals surface area (Å²) in [4.78, 5) is 17.6. The molecule has 162 valence electrons. The van der Waals surface area contributed by atoms with Crippen LogP contribution in [0.4, 0.5) is 4.79 Å². The third-order valence-corrected chi connectivity index (χ3v) is 7.72. The Morgan fingerprint density at radius 3 is 2.65 bits per heavy atom. The Bertz CT molecular complexity index is 1160. The number of hydrogen-bond donors (Lipinski definition) is 1. The molecule has 3 heterocycles. The highest BCUT2D eigenvalue weighted by Gasteiger charge is 2.47. The molecule has 0 atom stereocenters. The lowest BCUT2D eigenvalue weighted by molar-refractivity contribution is 0.0179. The molecule has 1 spiro atoms. The Labute approximate surface area is 190 Å². The highest BCUT2D eigenvalue weighted by atomic mass is 35.5. The molecule has 1 saturated heterocycles. The number of aromatic nitrogens is 2. The maximum absolute atomic E-state index is 11.2. The first-order valence-corrected chi connectivity index (χ1v) is 11.1. The van der Waals surface area contributed by atoms with Gasteiger partial charge in [0.15, 0.2) is 0 Å². The van der Waals surface area contributed by atoms with Gasteiger partial charge in [0, 0.05) is 37.0 Å². The van der Waals surface area contributed by atoms with Crippen molar-refractivity contribution in [2.75, 3.05) is 20.2 Å². The van der Waals surface area contributed by atoms with Gasteiger partial charge in [-0.15, -0.1) is 0 Å². The molecule has 3 aromatic rings. The molecule has 1 aromatic carbocycles. The van der Waals surface area contributed by atoms with Crippen LogP contribution in [-0.4, -0.2) is 45.7 Å². The average molecular weight is 460 g/mol. The number of halogens is 2. The number of amides is 1. The zero-order valence-corrected chi connectivity index (χ0v) is 18.7. The van der Waals surface area contributed by atoms with Gasteiger partial charge in [0.2, 0.25) is 0 Å². The lowest BCUT2D eigenvalue weighted by Gasteiger charge is -2.51. The summed E-state index contributed by atoms with van der Waals surface area (Å²) in [6.07, 6.45) is 7.31. The molecule has 0 radical (unpaired) electrons. The van der Waals surface area contributed by atoms with E-state index in [1.165, 1.54) is 4.90 Å². The quantitative estimate of drug-likeness (QED) is 0.524. The first-order chi connectivity index (χ1) is 14.9. The van der Waals surface area contributed by atoms with Crippen molar-refractivity contribution in [3.63, 3.8) is 0 Å². The number of imidazole rings is 1. The highest BCUT2D eigenvalue weighted by molar-refractivity contribution is 6.44. The van der Waals surface area contributed by atoms with Gasteiger partial charge in [-0.2, -0.15) is 0 Å². The molecule has 8 heteroatoms. The molecule has 1 amide bonds. The number of carboxylic acid groups (broad SMARTS) is 1. The van der Waals surface area contributed by atoms with E-state index in [1.54, 1.807) is 13.2 Å². The summed E-state index contributed by atoms with van der Waals surface area (Å²) >= 11 is 12.7. The number of benzene rings is 1. The molecule has 2 fully saturated rings. The lowest BCUT2D eigenvalue weighted by Crippen LogP contribution is -2.47. The SMILES string of the molecule is COc1ccc(Cl)c(Cl)c1-c1ccn2cc(C3CC4(CCN(C(=O)O)CC4)C3)nc2c1. The Balaban J connectivity index is 1.37. The predicted octanol–water partition coefficient (Wildman–Crippen LogP) is 5.95. The molecule has 0 unspecified atom stereocenters. The Kier molecular flexibility index (Phi) is 5.02. The zero-order chi connectivity index (χ0) is 21.8. The van der Waals surface area contributed by atoms with Crippen LogP contribution in [0.25, 0.3) is 16.8 Å². The van der Waals surface area contributed by atoms with Crippen molar-refractivity contribution < 1.29 is 14.6 Å². The normalized spacial score (nSPS) is 18.4. The number of piperidine rings is 1. The van der Waals surface area contributed by atoms with E-state index in [0.717, 1.165) is 48.2 Å². The van der Waals surface area contributed by atoms with E-state index in [0.29, 0.717) is 34.8 Å². The van der Waals surface area contributed by atoms with Gasteiger partial charge < -0.3 is 19.1 Å². The number of carbonyl (C=O) groups is 1. The van der Waals surface area contributed by atoms with Crippen LogP contribution >= 0.6 is 23.2 Å². The van der Waals surface area contributed by atoms with Gasteiger partial charge in [-0.1, -0.05) is 23.2 Å². The lowest BCUT2D eigenvalue weighted by atomic mass is 9.57. The second-order valence-electron chi connectivity index (χ2n) is 8.66. The molecule has 0 bridgehead atoms. The molecule has 6 nitrogen and oxygen atoms in total. The van der Waals surface area contributed by atoms with Crippen molar-refractivity contribution in [2.24, 2.45) is 5.41 Å². The fourth-order valence-electron chi connectivity index (χ4n) is 5.10. The van der Waals surface area contributed by atoms with Crippen LogP contribution in [0, 0.1) is 5.41 Å². The molecular formula is C23H23Cl2N3O3. The van der Waals surface area contributed by atoms with E-state index in [2.05, 4.69) is 6.20 Å². The topological polar surface area (TPSA) is 67.1 Å². The maximum Gasteiger partial charge on any atom is 0.407 e. The second kappa shape index (κ2) is 7.61. The second-order valence-corrected chi connectivity index (χ2v) is 9.45. The molecular weight excluding hydrogens is 437 g/mol. The van der Waals surface area contributed by atoms with Crippen LogP contribution < -0.4 is 4.74 Å². The number of hydrogen-bond acceptors (Lipinski definition) is 3. The first kappa shape index (κ1) is 20.5. The van der Waals surface area contributed by atoms with Gasteiger partial charge in [0.1, 0.15) is 11.4 Å². The standard InChI is InChI=1S/C23H23Cl2N3O3/c1-31-18-3-2-16(24)21(25)20(18)14-4-7-28-13-17(26-19(28)10-14)15-11-23(12-15)5-8-27(9-6-23)22(29)30/h2-4,7,10,13,15H,5-6,8-9,11-12H2,1H3,(H,29,30). The monoisotopic (exact) mass is 459 g/mol. The summed E-state index contributed by atoms with van der Waals surface area (Å²) in [6, 6.07) is 7.53. The van der Waals surface area contributed by atoms with E-state index < -0.39 is 6.09 Å². The minimum atomic E-state index is -0.807. The van der Waals surface area contributed by atoms with Crippen LogP contribution in [0.5, 0.6) is 5.75 Å². The highest BCUT2D eigenvalue weighted by Crippen LogP contribution is 2.56. The van der Waals surface area contributed by atoms with Crippen LogP contribution in [0.3, 0.4) is 0 Å². The van der Waals surface area contributed by atoms with Crippen LogP contribution in [0.2, 0.25) is 10.0 Å². The first-order valence-electron chi connectivity index (χ1n) is 10.4. The number of pyridine rings is 1. The van der Waals surface area contributed by atoms with E-state index in [4.69, 9.17) is 38.0 Å². The van der Waals surface area contributed by atoms with Crippen molar-refractivity contribution >= 4 is 34.9 Å². The number of fused-ring (bicyclic) bond motifs is 1. The van der Waals surface area contributed by atoms with E-state index >= 15 is 0 Å². The molecule has 2 aromatic heterocycles. The van der Waals surface area contributed by atoms with Gasteiger partial charge in [-0.3, -0.25) is 0 Å². The summed E-state index contributed by atoms with van der Waals surface area (Å²) < 4.78 is 7.52. The third-order valence-electron chi connectivity index (χ3n) is 6.92. The molecule has 1 saturated carbocycles. The molecule has 5 rings (SSSR count). The van der Waals surface area contributed by atoms with Crippen molar-refractivity contribution in [3.8, 4) is 16.9 Å². The maximum atomic E-state index is 11.2. The summed E-state index contributed by atoms with van der Waals surface area (Å²) in [5, 5.41) is 10.1. The predicted molar refractivity (Wildman–Crippen MR) is 120 cm³/mol. The van der Waals surface area contributed by atoms with E-state index in [9.17, 15) is 4.79 Å². The number of nitrogens with zero attached hydrogens (tertiary/aromatic N) is 3. The molecule has 2 aliphatic rings. The van der Waals surface area contributed by atoms with Crippen molar-refractivity contribution in [1.29, 1.82) is 0 Å². The van der Waals surface area contributed by atoms with Crippen LogP contribution in [0.1, 0.15) is 37.3 Å². The summed E-state index contributed by atoms with van der Waals surface area (Å²) in [5.41, 5.74) is 3.88. The summed E-state index contributed by atoms with van der Waals surface area (Å²) in [7, 11) is 1.61. The van der Waals surface area contributed by atoms with Gasteiger partial charge in [0.25, 0.3) is 0 Å². The van der Waals surface area contributed by atoms with Crippen molar-refractivity contribution in [1.82, 2.24) is 14.3 Å². The third kappa shape index (κ3) is 3.52. The number of ether oxygens (including phenoxy) is 1. The molecule has 1 N–H and O–H groups in total. The zero-order valence-electron chi connectivity index (χ0n) is 17.1. The Morgan fingerprint density at radius 2 is 1.97 bits per heavy atom. The molecule has 1 aliphatic carbocycles. The Morgan fingerprint density at radius 1 is 1.23 bits per heavy atom. The van der Waals surface area contributed by atoms with Crippen LogP contribution in [0.15, 0.2) is 36.7 Å². The van der Waals surface area contributed by atoms with Crippen molar-refractivity contribution in [2.45, 2.75) is 31.6 Å². The summed E-state index contributed by atoms with van der Waals surface area (Å²) in [6.45, 7) is 1.28. The fraction of sp³-hybridized carbons (Fsp3) is 0.391. The van der Waals surface area contributed by atoms with Crippen molar-refractivity contribution in [3.05, 3.63) is 52.4 Å². The Hall–Kier alpha value is -2.44. The van der Waals surface area contributed by atoms with Crippen LogP contribution in [-0.2, 0) is 0 Å². The van der Waals surface area contributed by atoms with Gasteiger partial charge in [-0.25, -0.2) is 9.78 Å². The largest absolute Gasteiger partial charge is 0.496 e. The smallest absolute Gasteiger partial charge is 0.407 e. The minimum Gasteiger partial charge on any atom is -0.496 e. The van der Waals surface area contributed by atoms with E-state index in [1.807, 2.05) is 28.8 Å². The average Bonchev–Trinajstić information content (AvgIpc) is 3.16. The number of likely N-dealkylation sites (tertiary alicyclic amines) is 1.